The first kappa shape index (κ1) is 13.3. The Morgan fingerprint density at radius 1 is 1.10 bits per heavy atom. The first-order chi connectivity index (χ1) is 10.2. The summed E-state index contributed by atoms with van der Waals surface area (Å²) >= 11 is 0. The van der Waals surface area contributed by atoms with E-state index in [9.17, 15) is 4.79 Å². The maximum atomic E-state index is 11.8. The van der Waals surface area contributed by atoms with Gasteiger partial charge in [0.2, 0.25) is 0 Å². The Bertz CT molecular complexity index is 815. The predicted octanol–water partition coefficient (Wildman–Crippen LogP) is 2.29. The van der Waals surface area contributed by atoms with Gasteiger partial charge in [-0.15, -0.1) is 0 Å². The average molecular weight is 280 g/mol. The molecule has 0 saturated heterocycles. The van der Waals surface area contributed by atoms with Crippen molar-refractivity contribution in [2.45, 2.75) is 20.3 Å². The summed E-state index contributed by atoms with van der Waals surface area (Å²) < 4.78 is 3.45. The normalized spacial score (nSPS) is 10.8. The molecule has 0 unspecified atom stereocenters. The van der Waals surface area contributed by atoms with Crippen LogP contribution in [0.1, 0.15) is 18.4 Å². The Balaban J connectivity index is 2.02. The van der Waals surface area contributed by atoms with E-state index >= 15 is 0 Å². The number of aryl methyl sites for hydroxylation is 2. The van der Waals surface area contributed by atoms with Crippen LogP contribution in [0.3, 0.4) is 0 Å². The molecule has 0 atom stereocenters. The van der Waals surface area contributed by atoms with Crippen LogP contribution in [-0.4, -0.2) is 19.3 Å². The smallest absolute Gasteiger partial charge is 0.271 e. The summed E-state index contributed by atoms with van der Waals surface area (Å²) in [5.74, 6) is 1.02. The molecule has 0 radical (unpaired) electrons. The maximum absolute atomic E-state index is 11.8. The van der Waals surface area contributed by atoms with Gasteiger partial charge in [0, 0.05) is 30.6 Å². The van der Waals surface area contributed by atoms with Crippen molar-refractivity contribution >= 4 is 0 Å². The summed E-state index contributed by atoms with van der Waals surface area (Å²) in [6.07, 6.45) is 4.49. The lowest BCUT2D eigenvalue weighted by atomic mass is 10.2. The zero-order valence-corrected chi connectivity index (χ0v) is 12.0. The van der Waals surface area contributed by atoms with Gasteiger partial charge in [-0.3, -0.25) is 4.79 Å². The molecule has 2 heterocycles. The van der Waals surface area contributed by atoms with Crippen molar-refractivity contribution in [3.05, 3.63) is 70.7 Å². The third-order valence-electron chi connectivity index (χ3n) is 3.30. The Kier molecular flexibility index (Phi) is 3.39. The second kappa shape index (κ2) is 5.36. The largest absolute Gasteiger partial charge is 0.303 e. The molecule has 0 spiro atoms. The standard InChI is InChI=1S/C16H16N4O/c1-3-15-18-12(2)11-19(15)13-6-8-14(9-7-13)20-16(21)5-4-10-17-20/h4-11H,3H2,1-2H3. The number of rotatable bonds is 3. The fourth-order valence-electron chi connectivity index (χ4n) is 2.33. The van der Waals surface area contributed by atoms with Gasteiger partial charge in [0.25, 0.3) is 5.56 Å². The van der Waals surface area contributed by atoms with Crippen LogP contribution in [0.25, 0.3) is 11.4 Å². The topological polar surface area (TPSA) is 52.7 Å². The first-order valence-electron chi connectivity index (χ1n) is 6.89. The van der Waals surface area contributed by atoms with Crippen molar-refractivity contribution in [3.63, 3.8) is 0 Å². The molecule has 3 rings (SSSR count). The number of imidazole rings is 1. The second-order valence-corrected chi connectivity index (χ2v) is 4.81. The summed E-state index contributed by atoms with van der Waals surface area (Å²) in [6, 6.07) is 10.8. The van der Waals surface area contributed by atoms with E-state index in [-0.39, 0.29) is 5.56 Å². The fourth-order valence-corrected chi connectivity index (χ4v) is 2.33. The minimum absolute atomic E-state index is 0.141. The molecule has 3 aromatic rings. The van der Waals surface area contributed by atoms with E-state index < -0.39 is 0 Å². The van der Waals surface area contributed by atoms with Gasteiger partial charge in [0.1, 0.15) is 5.82 Å². The highest BCUT2D eigenvalue weighted by Gasteiger charge is 2.06. The van der Waals surface area contributed by atoms with E-state index in [2.05, 4.69) is 21.6 Å². The Labute approximate surface area is 122 Å². The number of hydrogen-bond donors (Lipinski definition) is 0. The molecule has 0 amide bonds. The molecule has 5 nitrogen and oxygen atoms in total. The van der Waals surface area contributed by atoms with Crippen molar-refractivity contribution in [2.75, 3.05) is 0 Å². The van der Waals surface area contributed by atoms with Gasteiger partial charge in [-0.25, -0.2) is 4.98 Å². The Morgan fingerprint density at radius 2 is 1.81 bits per heavy atom. The van der Waals surface area contributed by atoms with Gasteiger partial charge in [0.15, 0.2) is 0 Å². The van der Waals surface area contributed by atoms with Crippen LogP contribution < -0.4 is 5.56 Å². The molecule has 21 heavy (non-hydrogen) atoms. The van der Waals surface area contributed by atoms with Crippen LogP contribution in [0.5, 0.6) is 0 Å². The van der Waals surface area contributed by atoms with Crippen LogP contribution in [0.4, 0.5) is 0 Å². The van der Waals surface area contributed by atoms with Gasteiger partial charge in [0.05, 0.1) is 11.4 Å². The van der Waals surface area contributed by atoms with Gasteiger partial charge in [-0.1, -0.05) is 6.92 Å². The monoisotopic (exact) mass is 280 g/mol. The lowest BCUT2D eigenvalue weighted by molar-refractivity contribution is 0.805. The van der Waals surface area contributed by atoms with Crippen LogP contribution in [0.2, 0.25) is 0 Å². The summed E-state index contributed by atoms with van der Waals surface area (Å²) in [5.41, 5.74) is 2.63. The summed E-state index contributed by atoms with van der Waals surface area (Å²) in [6.45, 7) is 4.07. The van der Waals surface area contributed by atoms with Crippen molar-refractivity contribution in [1.29, 1.82) is 0 Å². The molecule has 0 aliphatic heterocycles. The van der Waals surface area contributed by atoms with Crippen LogP contribution in [-0.2, 0) is 6.42 Å². The zero-order valence-electron chi connectivity index (χ0n) is 12.0. The molecule has 5 heteroatoms. The summed E-state index contributed by atoms with van der Waals surface area (Å²) in [7, 11) is 0. The SMILES string of the molecule is CCc1nc(C)cn1-c1ccc(-n2ncccc2=O)cc1. The summed E-state index contributed by atoms with van der Waals surface area (Å²) in [5, 5.41) is 4.07. The molecule has 2 aromatic heterocycles. The third-order valence-corrected chi connectivity index (χ3v) is 3.30. The number of aromatic nitrogens is 4. The molecule has 0 fully saturated rings. The number of nitrogens with zero attached hydrogens (tertiary/aromatic N) is 4. The maximum Gasteiger partial charge on any atom is 0.271 e. The Hall–Kier alpha value is -2.69. The Morgan fingerprint density at radius 3 is 2.48 bits per heavy atom. The van der Waals surface area contributed by atoms with Gasteiger partial charge in [-0.05, 0) is 37.3 Å². The van der Waals surface area contributed by atoms with E-state index in [1.54, 1.807) is 12.3 Å². The molecule has 0 N–H and O–H groups in total. The second-order valence-electron chi connectivity index (χ2n) is 4.81. The molecule has 106 valence electrons. The van der Waals surface area contributed by atoms with Crippen molar-refractivity contribution < 1.29 is 0 Å². The quantitative estimate of drug-likeness (QED) is 0.739. The molecule has 0 bridgehead atoms. The minimum Gasteiger partial charge on any atom is -0.303 e. The first-order valence-corrected chi connectivity index (χ1v) is 6.89. The molecular weight excluding hydrogens is 264 g/mol. The van der Waals surface area contributed by atoms with Gasteiger partial charge in [-0.2, -0.15) is 9.78 Å². The average Bonchev–Trinajstić information content (AvgIpc) is 2.89. The van der Waals surface area contributed by atoms with E-state index in [0.717, 1.165) is 29.3 Å². The third kappa shape index (κ3) is 2.50. The predicted molar refractivity (Wildman–Crippen MR) is 81.1 cm³/mol. The van der Waals surface area contributed by atoms with Crippen LogP contribution >= 0.6 is 0 Å². The van der Waals surface area contributed by atoms with Crippen LogP contribution in [0.15, 0.2) is 53.6 Å². The highest BCUT2D eigenvalue weighted by atomic mass is 16.1. The molecule has 0 aliphatic rings. The van der Waals surface area contributed by atoms with E-state index in [4.69, 9.17) is 0 Å². The lowest BCUT2D eigenvalue weighted by Crippen LogP contribution is -2.18. The summed E-state index contributed by atoms with van der Waals surface area (Å²) in [4.78, 5) is 16.3. The molecular formula is C16H16N4O. The lowest BCUT2D eigenvalue weighted by Gasteiger charge is -2.08. The molecule has 1 aromatic carbocycles. The highest BCUT2D eigenvalue weighted by Crippen LogP contribution is 2.15. The molecule has 0 saturated carbocycles. The van der Waals surface area contributed by atoms with E-state index in [1.807, 2.05) is 37.4 Å². The minimum atomic E-state index is -0.141. The van der Waals surface area contributed by atoms with Crippen molar-refractivity contribution in [3.8, 4) is 11.4 Å². The number of hydrogen-bond acceptors (Lipinski definition) is 3. The van der Waals surface area contributed by atoms with E-state index in [1.165, 1.54) is 10.7 Å². The van der Waals surface area contributed by atoms with Crippen molar-refractivity contribution in [1.82, 2.24) is 19.3 Å². The molecule has 0 aliphatic carbocycles. The van der Waals surface area contributed by atoms with Crippen molar-refractivity contribution in [2.24, 2.45) is 0 Å². The highest BCUT2D eigenvalue weighted by molar-refractivity contribution is 5.42. The van der Waals surface area contributed by atoms with Crippen LogP contribution in [0, 0.1) is 6.92 Å². The fraction of sp³-hybridized carbons (Fsp3) is 0.188. The van der Waals surface area contributed by atoms with Gasteiger partial charge < -0.3 is 4.57 Å². The van der Waals surface area contributed by atoms with Gasteiger partial charge >= 0.3 is 0 Å². The van der Waals surface area contributed by atoms with E-state index in [0.29, 0.717) is 0 Å². The zero-order chi connectivity index (χ0) is 14.8. The number of benzene rings is 1.